The van der Waals surface area contributed by atoms with E-state index in [-0.39, 0.29) is 0 Å². The van der Waals surface area contributed by atoms with Crippen LogP contribution in [-0.4, -0.2) is 24.6 Å². The van der Waals surface area contributed by atoms with Crippen LogP contribution in [0.25, 0.3) is 0 Å². The summed E-state index contributed by atoms with van der Waals surface area (Å²) in [5, 5.41) is 6.85. The van der Waals surface area contributed by atoms with E-state index in [0.29, 0.717) is 12.1 Å². The number of nitrogens with zero attached hydrogens (tertiary/aromatic N) is 1. The molecule has 15 heavy (non-hydrogen) atoms. The third-order valence-corrected chi connectivity index (χ3v) is 2.65. The van der Waals surface area contributed by atoms with Crippen LogP contribution < -0.4 is 10.6 Å². The fourth-order valence-corrected chi connectivity index (χ4v) is 1.85. The second kappa shape index (κ2) is 5.99. The summed E-state index contributed by atoms with van der Waals surface area (Å²) < 4.78 is 0. The minimum atomic E-state index is 0.450. The molecule has 1 rings (SSSR count). The molecule has 0 aromatic heterocycles. The third-order valence-electron chi connectivity index (χ3n) is 2.65. The molecule has 88 valence electrons. The van der Waals surface area contributed by atoms with Crippen molar-refractivity contribution in [3.8, 4) is 0 Å². The molecule has 0 amide bonds. The number of nitrogens with one attached hydrogen (secondary N) is 2. The van der Waals surface area contributed by atoms with Crippen molar-refractivity contribution in [2.24, 2.45) is 10.9 Å². The van der Waals surface area contributed by atoms with Crippen molar-refractivity contribution in [2.75, 3.05) is 6.54 Å². The van der Waals surface area contributed by atoms with E-state index in [1.807, 2.05) is 0 Å². The molecule has 1 saturated carbocycles. The molecular formula is C12H25N3. The molecule has 0 spiro atoms. The highest BCUT2D eigenvalue weighted by molar-refractivity contribution is 5.80. The first kappa shape index (κ1) is 12.3. The average Bonchev–Trinajstić information content (AvgIpc) is 2.83. The van der Waals surface area contributed by atoms with Crippen molar-refractivity contribution < 1.29 is 0 Å². The number of hydrogen-bond donors (Lipinski definition) is 2. The van der Waals surface area contributed by atoms with E-state index in [2.05, 4.69) is 43.3 Å². The lowest BCUT2D eigenvalue weighted by molar-refractivity contribution is 0.642. The fourth-order valence-electron chi connectivity index (χ4n) is 1.85. The zero-order valence-corrected chi connectivity index (χ0v) is 10.5. The highest BCUT2D eigenvalue weighted by atomic mass is 15.2. The molecular weight excluding hydrogens is 186 g/mol. The van der Waals surface area contributed by atoms with E-state index in [1.54, 1.807) is 0 Å². The van der Waals surface area contributed by atoms with Gasteiger partial charge in [-0.25, -0.2) is 0 Å². The van der Waals surface area contributed by atoms with Crippen LogP contribution in [0.15, 0.2) is 4.99 Å². The summed E-state index contributed by atoms with van der Waals surface area (Å²) in [7, 11) is 0. The van der Waals surface area contributed by atoms with Gasteiger partial charge in [-0.15, -0.1) is 0 Å². The Balaban J connectivity index is 2.30. The number of rotatable bonds is 5. The molecule has 0 radical (unpaired) electrons. The quantitative estimate of drug-likeness (QED) is 0.540. The zero-order valence-electron chi connectivity index (χ0n) is 10.5. The van der Waals surface area contributed by atoms with Gasteiger partial charge < -0.3 is 10.6 Å². The highest BCUT2D eigenvalue weighted by Crippen LogP contribution is 2.34. The van der Waals surface area contributed by atoms with E-state index in [1.165, 1.54) is 19.3 Å². The van der Waals surface area contributed by atoms with Crippen molar-refractivity contribution in [1.82, 2.24) is 10.6 Å². The van der Waals surface area contributed by atoms with Crippen molar-refractivity contribution in [2.45, 2.75) is 59.0 Å². The Morgan fingerprint density at radius 1 is 1.40 bits per heavy atom. The molecule has 1 fully saturated rings. The van der Waals surface area contributed by atoms with Gasteiger partial charge >= 0.3 is 0 Å². The second-order valence-electron chi connectivity index (χ2n) is 4.66. The maximum atomic E-state index is 4.43. The second-order valence-corrected chi connectivity index (χ2v) is 4.66. The van der Waals surface area contributed by atoms with Crippen molar-refractivity contribution in [1.29, 1.82) is 0 Å². The number of aliphatic imine (C=N–C) groups is 1. The van der Waals surface area contributed by atoms with E-state index in [9.17, 15) is 0 Å². The Hall–Kier alpha value is -0.730. The summed E-state index contributed by atoms with van der Waals surface area (Å²) >= 11 is 0. The molecule has 0 heterocycles. The summed E-state index contributed by atoms with van der Waals surface area (Å²) in [5.41, 5.74) is 0. The summed E-state index contributed by atoms with van der Waals surface area (Å²) in [6.45, 7) is 9.45. The van der Waals surface area contributed by atoms with Gasteiger partial charge in [0, 0.05) is 18.6 Å². The van der Waals surface area contributed by atoms with Crippen molar-refractivity contribution in [3.05, 3.63) is 0 Å². The van der Waals surface area contributed by atoms with Gasteiger partial charge in [-0.3, -0.25) is 4.99 Å². The normalized spacial score (nSPS) is 25.5. The first-order valence-electron chi connectivity index (χ1n) is 6.24. The Morgan fingerprint density at radius 2 is 2.13 bits per heavy atom. The molecule has 2 unspecified atom stereocenters. The van der Waals surface area contributed by atoms with E-state index in [4.69, 9.17) is 0 Å². The van der Waals surface area contributed by atoms with Crippen LogP contribution in [-0.2, 0) is 0 Å². The monoisotopic (exact) mass is 211 g/mol. The minimum absolute atomic E-state index is 0.450. The first-order chi connectivity index (χ1) is 7.17. The zero-order chi connectivity index (χ0) is 11.3. The van der Waals surface area contributed by atoms with E-state index >= 15 is 0 Å². The lowest BCUT2D eigenvalue weighted by Crippen LogP contribution is -2.42. The van der Waals surface area contributed by atoms with Gasteiger partial charge in [0.15, 0.2) is 5.96 Å². The van der Waals surface area contributed by atoms with Crippen LogP contribution in [0, 0.1) is 5.92 Å². The standard InChI is InChI=1S/C12H25N3/c1-5-7-10-8-11(10)15-12(13-6-2)14-9(3)4/h9-11H,5-8H2,1-4H3,(H2,13,14,15). The largest absolute Gasteiger partial charge is 0.354 e. The van der Waals surface area contributed by atoms with Crippen molar-refractivity contribution in [3.63, 3.8) is 0 Å². The van der Waals surface area contributed by atoms with Gasteiger partial charge in [-0.05, 0) is 39.5 Å². The lowest BCUT2D eigenvalue weighted by Gasteiger charge is -2.14. The summed E-state index contributed by atoms with van der Waals surface area (Å²) in [4.78, 5) is 4.43. The number of hydrogen-bond acceptors (Lipinski definition) is 1. The first-order valence-corrected chi connectivity index (χ1v) is 6.24. The van der Waals surface area contributed by atoms with Crippen LogP contribution in [0.3, 0.4) is 0 Å². The van der Waals surface area contributed by atoms with Crippen molar-refractivity contribution >= 4 is 5.96 Å². The van der Waals surface area contributed by atoms with Crippen LogP contribution in [0.2, 0.25) is 0 Å². The third kappa shape index (κ3) is 4.54. The molecule has 3 heteroatoms. The van der Waals surface area contributed by atoms with E-state index in [0.717, 1.165) is 18.4 Å². The molecule has 0 saturated heterocycles. The van der Waals surface area contributed by atoms with Gasteiger partial charge in [-0.1, -0.05) is 13.3 Å². The van der Waals surface area contributed by atoms with Gasteiger partial charge in [0.05, 0.1) is 0 Å². The maximum absolute atomic E-state index is 4.43. The molecule has 0 aliphatic heterocycles. The Morgan fingerprint density at radius 3 is 2.67 bits per heavy atom. The molecule has 1 aliphatic rings. The van der Waals surface area contributed by atoms with Crippen LogP contribution in [0.4, 0.5) is 0 Å². The summed E-state index contributed by atoms with van der Waals surface area (Å²) in [5.74, 6) is 1.86. The Bertz CT molecular complexity index is 211. The molecule has 0 aromatic carbocycles. The fraction of sp³-hybridized carbons (Fsp3) is 0.917. The summed E-state index contributed by atoms with van der Waals surface area (Å²) in [6, 6.07) is 1.12. The molecule has 0 bridgehead atoms. The Kier molecular flexibility index (Phi) is 4.92. The Labute approximate surface area is 93.7 Å². The molecule has 3 nitrogen and oxygen atoms in total. The van der Waals surface area contributed by atoms with Gasteiger partial charge in [0.2, 0.25) is 0 Å². The molecule has 2 atom stereocenters. The molecule has 0 aromatic rings. The molecule has 1 aliphatic carbocycles. The minimum Gasteiger partial charge on any atom is -0.354 e. The molecule has 2 N–H and O–H groups in total. The smallest absolute Gasteiger partial charge is 0.191 e. The van der Waals surface area contributed by atoms with Gasteiger partial charge in [-0.2, -0.15) is 0 Å². The van der Waals surface area contributed by atoms with Gasteiger partial charge in [0.25, 0.3) is 0 Å². The van der Waals surface area contributed by atoms with Crippen LogP contribution in [0.1, 0.15) is 47.0 Å². The topological polar surface area (TPSA) is 36.4 Å². The van der Waals surface area contributed by atoms with Crippen LogP contribution in [0.5, 0.6) is 0 Å². The average molecular weight is 211 g/mol. The lowest BCUT2D eigenvalue weighted by atomic mass is 10.2. The maximum Gasteiger partial charge on any atom is 0.191 e. The van der Waals surface area contributed by atoms with E-state index < -0.39 is 0 Å². The van der Waals surface area contributed by atoms with Crippen LogP contribution >= 0.6 is 0 Å². The number of guanidine groups is 1. The van der Waals surface area contributed by atoms with Gasteiger partial charge in [0.1, 0.15) is 0 Å². The SMILES string of the molecule is CCCC1CC1NC(=NCC)NC(C)C. The predicted molar refractivity (Wildman–Crippen MR) is 66.2 cm³/mol. The summed E-state index contributed by atoms with van der Waals surface area (Å²) in [6.07, 6.45) is 3.95. The predicted octanol–water partition coefficient (Wildman–Crippen LogP) is 2.14. The highest BCUT2D eigenvalue weighted by Gasteiger charge is 2.36.